The van der Waals surface area contributed by atoms with Crippen molar-refractivity contribution in [2.45, 2.75) is 20.3 Å². The summed E-state index contributed by atoms with van der Waals surface area (Å²) < 4.78 is 4.87. The average Bonchev–Trinajstić information content (AvgIpc) is 2.01. The smallest absolute Gasteiger partial charge is 0.111 e. The van der Waals surface area contributed by atoms with Crippen LogP contribution in [0.1, 0.15) is 20.3 Å². The number of ether oxygens (including phenoxy) is 1. The van der Waals surface area contributed by atoms with Gasteiger partial charge in [-0.3, -0.25) is 0 Å². The van der Waals surface area contributed by atoms with Crippen molar-refractivity contribution < 1.29 is 4.74 Å². The lowest BCUT2D eigenvalue weighted by molar-refractivity contribution is 0.309. The fourth-order valence-corrected chi connectivity index (χ4v) is 0.682. The first-order chi connectivity index (χ1) is 5.20. The summed E-state index contributed by atoms with van der Waals surface area (Å²) in [5.74, 6) is 0.689. The maximum absolute atomic E-state index is 4.87. The van der Waals surface area contributed by atoms with Gasteiger partial charge in [-0.25, -0.2) is 0 Å². The van der Waals surface area contributed by atoms with E-state index in [1.807, 2.05) is 12.2 Å². The number of hydrogen-bond acceptors (Lipinski definition) is 1. The summed E-state index contributed by atoms with van der Waals surface area (Å²) in [6.45, 7) is 7.84. The Bertz CT molecular complexity index is 175. The summed E-state index contributed by atoms with van der Waals surface area (Å²) in [7, 11) is 1.62. The summed E-state index contributed by atoms with van der Waals surface area (Å²) in [6, 6.07) is 0. The molecule has 0 aliphatic heterocycles. The highest BCUT2D eigenvalue weighted by Gasteiger charge is 1.82. The highest BCUT2D eigenvalue weighted by atomic mass is 16.5. The third-order valence-corrected chi connectivity index (χ3v) is 1.32. The van der Waals surface area contributed by atoms with Gasteiger partial charge in [0.25, 0.3) is 0 Å². The number of methoxy groups -OCH3 is 1. The molecular weight excluding hydrogens is 136 g/mol. The zero-order valence-electron chi connectivity index (χ0n) is 7.55. The molecule has 0 unspecified atom stereocenters. The Kier molecular flexibility index (Phi) is 5.26. The second-order valence-electron chi connectivity index (χ2n) is 2.36. The maximum atomic E-state index is 4.87. The molecule has 0 fully saturated rings. The Labute approximate surface area is 69.1 Å². The van der Waals surface area contributed by atoms with E-state index in [9.17, 15) is 0 Å². The summed E-state index contributed by atoms with van der Waals surface area (Å²) >= 11 is 0. The van der Waals surface area contributed by atoms with Crippen LogP contribution in [0, 0.1) is 0 Å². The molecule has 11 heavy (non-hydrogen) atoms. The maximum Gasteiger partial charge on any atom is 0.111 e. The first-order valence-corrected chi connectivity index (χ1v) is 3.78. The number of hydrogen-bond donors (Lipinski definition) is 0. The van der Waals surface area contributed by atoms with Gasteiger partial charge in [-0.2, -0.15) is 0 Å². The van der Waals surface area contributed by atoms with Crippen molar-refractivity contribution in [1.29, 1.82) is 0 Å². The Morgan fingerprint density at radius 1 is 1.45 bits per heavy atom. The van der Waals surface area contributed by atoms with Crippen molar-refractivity contribution >= 4 is 0 Å². The lowest BCUT2D eigenvalue weighted by Crippen LogP contribution is -1.77. The molecule has 0 rings (SSSR count). The van der Waals surface area contributed by atoms with Gasteiger partial charge in [0.15, 0.2) is 0 Å². The van der Waals surface area contributed by atoms with Crippen LogP contribution < -0.4 is 0 Å². The van der Waals surface area contributed by atoms with Crippen molar-refractivity contribution in [3.8, 4) is 0 Å². The van der Waals surface area contributed by atoms with E-state index in [1.165, 1.54) is 5.57 Å². The Morgan fingerprint density at radius 3 is 2.55 bits per heavy atom. The Morgan fingerprint density at radius 2 is 2.09 bits per heavy atom. The van der Waals surface area contributed by atoms with Gasteiger partial charge in [-0.05, 0) is 19.4 Å². The van der Waals surface area contributed by atoms with E-state index in [1.54, 1.807) is 7.11 Å². The van der Waals surface area contributed by atoms with Crippen LogP contribution in [0.3, 0.4) is 0 Å². The fourth-order valence-electron chi connectivity index (χ4n) is 0.682. The van der Waals surface area contributed by atoms with Gasteiger partial charge in [0.05, 0.1) is 7.11 Å². The topological polar surface area (TPSA) is 9.23 Å². The first kappa shape index (κ1) is 10.0. The van der Waals surface area contributed by atoms with E-state index in [-0.39, 0.29) is 0 Å². The average molecular weight is 152 g/mol. The third kappa shape index (κ3) is 5.46. The molecule has 0 aliphatic rings. The van der Waals surface area contributed by atoms with Crippen molar-refractivity contribution in [2.24, 2.45) is 0 Å². The monoisotopic (exact) mass is 152 g/mol. The SMILES string of the molecule is C=C(/C=C\C(C)=C/CC)OC. The largest absolute Gasteiger partial charge is 0.497 e. The zero-order chi connectivity index (χ0) is 8.69. The molecular formula is C10H16O. The lowest BCUT2D eigenvalue weighted by atomic mass is 10.2. The molecule has 0 saturated carbocycles. The molecule has 0 aromatic heterocycles. The van der Waals surface area contributed by atoms with Crippen LogP contribution >= 0.6 is 0 Å². The van der Waals surface area contributed by atoms with Gasteiger partial charge in [0, 0.05) is 0 Å². The molecule has 0 radical (unpaired) electrons. The molecule has 0 bridgehead atoms. The van der Waals surface area contributed by atoms with Crippen molar-refractivity contribution in [3.63, 3.8) is 0 Å². The normalized spacial score (nSPS) is 12.1. The van der Waals surface area contributed by atoms with Crippen LogP contribution in [0.5, 0.6) is 0 Å². The van der Waals surface area contributed by atoms with Gasteiger partial charge < -0.3 is 4.74 Å². The van der Waals surface area contributed by atoms with Crippen LogP contribution in [0.25, 0.3) is 0 Å². The third-order valence-electron chi connectivity index (χ3n) is 1.32. The van der Waals surface area contributed by atoms with Crippen LogP contribution in [-0.2, 0) is 4.74 Å². The van der Waals surface area contributed by atoms with E-state index in [2.05, 4.69) is 26.5 Å². The lowest BCUT2D eigenvalue weighted by Gasteiger charge is -1.95. The molecule has 0 saturated heterocycles. The minimum Gasteiger partial charge on any atom is -0.497 e. The molecule has 0 aromatic rings. The zero-order valence-corrected chi connectivity index (χ0v) is 7.55. The Hall–Kier alpha value is -0.980. The van der Waals surface area contributed by atoms with Crippen LogP contribution in [0.4, 0.5) is 0 Å². The van der Waals surface area contributed by atoms with E-state index in [4.69, 9.17) is 4.74 Å². The highest BCUT2D eigenvalue weighted by molar-refractivity contribution is 5.21. The van der Waals surface area contributed by atoms with E-state index in [0.717, 1.165) is 6.42 Å². The van der Waals surface area contributed by atoms with Gasteiger partial charge in [0.2, 0.25) is 0 Å². The van der Waals surface area contributed by atoms with Crippen molar-refractivity contribution in [2.75, 3.05) is 7.11 Å². The molecule has 0 aliphatic carbocycles. The minimum absolute atomic E-state index is 0.689. The molecule has 0 amide bonds. The van der Waals surface area contributed by atoms with Crippen molar-refractivity contribution in [3.05, 3.63) is 36.1 Å². The summed E-state index contributed by atoms with van der Waals surface area (Å²) in [5, 5.41) is 0. The van der Waals surface area contributed by atoms with Gasteiger partial charge in [-0.1, -0.05) is 31.2 Å². The quantitative estimate of drug-likeness (QED) is 0.444. The number of rotatable bonds is 4. The van der Waals surface area contributed by atoms with E-state index >= 15 is 0 Å². The number of allylic oxidation sites excluding steroid dienone is 4. The second-order valence-corrected chi connectivity index (χ2v) is 2.36. The standard InChI is InChI=1S/C10H16O/c1-5-6-9(2)7-8-10(3)11-4/h6-8H,3,5H2,1-2,4H3/b8-7-,9-6-. The predicted octanol–water partition coefficient (Wildman–Crippen LogP) is 3.06. The molecule has 62 valence electrons. The summed E-state index contributed by atoms with van der Waals surface area (Å²) in [6.07, 6.45) is 7.08. The second kappa shape index (κ2) is 5.78. The molecule has 0 N–H and O–H groups in total. The summed E-state index contributed by atoms with van der Waals surface area (Å²) in [5.41, 5.74) is 1.24. The molecule has 1 heteroatoms. The van der Waals surface area contributed by atoms with Gasteiger partial charge in [-0.15, -0.1) is 0 Å². The molecule has 0 atom stereocenters. The fraction of sp³-hybridized carbons (Fsp3) is 0.400. The van der Waals surface area contributed by atoms with Gasteiger partial charge >= 0.3 is 0 Å². The van der Waals surface area contributed by atoms with Crippen LogP contribution in [-0.4, -0.2) is 7.11 Å². The predicted molar refractivity (Wildman–Crippen MR) is 49.3 cm³/mol. The Balaban J connectivity index is 3.92. The van der Waals surface area contributed by atoms with Crippen LogP contribution in [0.2, 0.25) is 0 Å². The molecule has 0 spiro atoms. The molecule has 0 heterocycles. The minimum atomic E-state index is 0.689. The molecule has 1 nitrogen and oxygen atoms in total. The molecule has 0 aromatic carbocycles. The summed E-state index contributed by atoms with van der Waals surface area (Å²) in [4.78, 5) is 0. The van der Waals surface area contributed by atoms with Crippen LogP contribution in [0.15, 0.2) is 36.1 Å². The first-order valence-electron chi connectivity index (χ1n) is 3.78. The van der Waals surface area contributed by atoms with E-state index < -0.39 is 0 Å². The van der Waals surface area contributed by atoms with Crippen molar-refractivity contribution in [1.82, 2.24) is 0 Å². The van der Waals surface area contributed by atoms with Gasteiger partial charge in [0.1, 0.15) is 5.76 Å². The van der Waals surface area contributed by atoms with E-state index in [0.29, 0.717) is 5.76 Å². The highest BCUT2D eigenvalue weighted by Crippen LogP contribution is 2.00.